The fourth-order valence-electron chi connectivity index (χ4n) is 1.83. The molecular formula is C13H12Br2N2S2. The molecule has 19 heavy (non-hydrogen) atoms. The second-order valence-corrected chi connectivity index (χ2v) is 7.29. The topological polar surface area (TPSA) is 29.3 Å². The summed E-state index contributed by atoms with van der Waals surface area (Å²) in [5.41, 5.74) is 7.74. The van der Waals surface area contributed by atoms with Gasteiger partial charge in [0.25, 0.3) is 0 Å². The molecule has 0 atom stereocenters. The van der Waals surface area contributed by atoms with E-state index in [9.17, 15) is 0 Å². The van der Waals surface area contributed by atoms with Crippen LogP contribution < -0.4 is 10.6 Å². The number of hydrogen-bond acceptors (Lipinski definition) is 3. The quantitative estimate of drug-likeness (QED) is 0.737. The van der Waals surface area contributed by atoms with Crippen LogP contribution in [-0.4, -0.2) is 12.0 Å². The number of halogens is 2. The summed E-state index contributed by atoms with van der Waals surface area (Å²) in [7, 11) is 2.04. The second-order valence-electron chi connectivity index (χ2n) is 4.09. The number of rotatable bonds is 4. The van der Waals surface area contributed by atoms with E-state index in [2.05, 4.69) is 48.2 Å². The Balaban J connectivity index is 2.31. The van der Waals surface area contributed by atoms with Crippen LogP contribution in [0.15, 0.2) is 38.6 Å². The van der Waals surface area contributed by atoms with Crippen molar-refractivity contribution in [2.24, 2.45) is 5.73 Å². The van der Waals surface area contributed by atoms with E-state index in [1.807, 2.05) is 25.2 Å². The first-order chi connectivity index (χ1) is 8.99. The predicted molar refractivity (Wildman–Crippen MR) is 94.2 cm³/mol. The zero-order valence-electron chi connectivity index (χ0n) is 10.2. The Morgan fingerprint density at radius 1 is 1.42 bits per heavy atom. The fourth-order valence-corrected chi connectivity index (χ4v) is 4.25. The molecule has 0 aliphatic carbocycles. The van der Waals surface area contributed by atoms with E-state index < -0.39 is 0 Å². The summed E-state index contributed by atoms with van der Waals surface area (Å²) in [5.74, 6) is 0. The van der Waals surface area contributed by atoms with Gasteiger partial charge in [-0.3, -0.25) is 0 Å². The van der Waals surface area contributed by atoms with E-state index in [4.69, 9.17) is 18.0 Å². The molecule has 2 rings (SSSR count). The molecule has 0 fully saturated rings. The molecule has 0 bridgehead atoms. The van der Waals surface area contributed by atoms with Crippen molar-refractivity contribution in [3.63, 3.8) is 0 Å². The van der Waals surface area contributed by atoms with Gasteiger partial charge in [-0.15, -0.1) is 11.3 Å². The van der Waals surface area contributed by atoms with Gasteiger partial charge in [-0.25, -0.2) is 0 Å². The van der Waals surface area contributed by atoms with Crippen LogP contribution in [0.4, 0.5) is 5.69 Å². The first-order valence-electron chi connectivity index (χ1n) is 5.51. The second kappa shape index (κ2) is 6.35. The summed E-state index contributed by atoms with van der Waals surface area (Å²) in [6, 6.07) is 8.09. The third-order valence-corrected chi connectivity index (χ3v) is 5.21. The summed E-state index contributed by atoms with van der Waals surface area (Å²) in [5, 5.41) is 2.08. The molecule has 0 unspecified atom stereocenters. The molecule has 0 amide bonds. The number of nitrogens with two attached hydrogens (primary N) is 1. The van der Waals surface area contributed by atoms with Crippen molar-refractivity contribution >= 4 is 66.1 Å². The van der Waals surface area contributed by atoms with E-state index in [1.54, 1.807) is 11.3 Å². The molecule has 0 saturated carbocycles. The molecule has 0 spiro atoms. The van der Waals surface area contributed by atoms with Crippen molar-refractivity contribution in [2.45, 2.75) is 6.54 Å². The molecule has 0 saturated heterocycles. The summed E-state index contributed by atoms with van der Waals surface area (Å²) in [6.07, 6.45) is 0. The normalized spacial score (nSPS) is 10.5. The van der Waals surface area contributed by atoms with Crippen LogP contribution in [0, 0.1) is 0 Å². The lowest BCUT2D eigenvalue weighted by Gasteiger charge is -2.22. The highest BCUT2D eigenvalue weighted by molar-refractivity contribution is 9.10. The largest absolute Gasteiger partial charge is 0.389 e. The van der Waals surface area contributed by atoms with Crippen LogP contribution >= 0.6 is 55.4 Å². The Bertz CT molecular complexity index is 610. The van der Waals surface area contributed by atoms with Gasteiger partial charge in [-0.2, -0.15) is 0 Å². The lowest BCUT2D eigenvalue weighted by atomic mass is 10.1. The minimum atomic E-state index is 0.404. The molecule has 100 valence electrons. The SMILES string of the molecule is CN(Cc1cc(Br)cs1)c1cccc(Br)c1C(N)=S. The minimum absolute atomic E-state index is 0.404. The molecule has 2 aromatic rings. The molecule has 2 N–H and O–H groups in total. The molecule has 1 aromatic heterocycles. The maximum atomic E-state index is 5.82. The molecule has 0 radical (unpaired) electrons. The van der Waals surface area contributed by atoms with E-state index >= 15 is 0 Å². The van der Waals surface area contributed by atoms with Crippen molar-refractivity contribution in [1.82, 2.24) is 0 Å². The minimum Gasteiger partial charge on any atom is -0.389 e. The van der Waals surface area contributed by atoms with Gasteiger partial charge in [0, 0.05) is 37.5 Å². The van der Waals surface area contributed by atoms with Crippen molar-refractivity contribution in [3.8, 4) is 0 Å². The fraction of sp³-hybridized carbons (Fsp3) is 0.154. The molecule has 6 heteroatoms. The molecule has 0 aliphatic heterocycles. The van der Waals surface area contributed by atoms with Crippen molar-refractivity contribution in [2.75, 3.05) is 11.9 Å². The van der Waals surface area contributed by atoms with Crippen molar-refractivity contribution < 1.29 is 0 Å². The number of thiocarbonyl (C=S) groups is 1. The van der Waals surface area contributed by atoms with Gasteiger partial charge in [0.05, 0.1) is 6.54 Å². The summed E-state index contributed by atoms with van der Waals surface area (Å²) in [4.78, 5) is 3.84. The van der Waals surface area contributed by atoms with E-state index in [0.29, 0.717) is 4.99 Å². The number of hydrogen-bond donors (Lipinski definition) is 1. The van der Waals surface area contributed by atoms with Crippen LogP contribution in [0.1, 0.15) is 10.4 Å². The van der Waals surface area contributed by atoms with E-state index in [-0.39, 0.29) is 0 Å². The monoisotopic (exact) mass is 418 g/mol. The Labute approximate surface area is 138 Å². The average Bonchev–Trinajstić information content (AvgIpc) is 2.73. The van der Waals surface area contributed by atoms with Crippen molar-refractivity contribution in [1.29, 1.82) is 0 Å². The summed E-state index contributed by atoms with van der Waals surface area (Å²) in [6.45, 7) is 0.822. The molecule has 1 aromatic carbocycles. The number of nitrogens with zero attached hydrogens (tertiary/aromatic N) is 1. The summed E-state index contributed by atoms with van der Waals surface area (Å²) < 4.78 is 2.04. The van der Waals surface area contributed by atoms with Crippen LogP contribution in [0.5, 0.6) is 0 Å². The standard InChI is InChI=1S/C13H12Br2N2S2/c1-17(6-9-5-8(14)7-19-9)11-4-2-3-10(15)12(11)13(16)18/h2-5,7H,6H2,1H3,(H2,16,18). The third-order valence-electron chi connectivity index (χ3n) is 2.66. The predicted octanol–water partition coefficient (Wildman–Crippen LogP) is 4.54. The molecule has 0 aliphatic rings. The first kappa shape index (κ1) is 15.0. The van der Waals surface area contributed by atoms with Gasteiger partial charge in [0.2, 0.25) is 0 Å². The van der Waals surface area contributed by atoms with Crippen LogP contribution in [0.2, 0.25) is 0 Å². The maximum absolute atomic E-state index is 5.82. The molecular weight excluding hydrogens is 408 g/mol. The van der Waals surface area contributed by atoms with Gasteiger partial charge in [-0.1, -0.05) is 18.3 Å². The van der Waals surface area contributed by atoms with Gasteiger partial charge < -0.3 is 10.6 Å². The highest BCUT2D eigenvalue weighted by atomic mass is 79.9. The Morgan fingerprint density at radius 2 is 2.16 bits per heavy atom. The number of anilines is 1. The lowest BCUT2D eigenvalue weighted by molar-refractivity contribution is 0.938. The van der Waals surface area contributed by atoms with Crippen LogP contribution in [0.3, 0.4) is 0 Å². The summed E-state index contributed by atoms with van der Waals surface area (Å²) >= 11 is 13.8. The van der Waals surface area contributed by atoms with Crippen LogP contribution in [0.25, 0.3) is 0 Å². The van der Waals surface area contributed by atoms with Gasteiger partial charge in [0.15, 0.2) is 0 Å². The number of benzene rings is 1. The highest BCUT2D eigenvalue weighted by Crippen LogP contribution is 2.29. The molecule has 2 nitrogen and oxygen atoms in total. The lowest BCUT2D eigenvalue weighted by Crippen LogP contribution is -2.21. The molecule has 1 heterocycles. The smallest absolute Gasteiger partial charge is 0.107 e. The van der Waals surface area contributed by atoms with E-state index in [0.717, 1.165) is 26.7 Å². The Hall–Kier alpha value is -0.430. The zero-order valence-corrected chi connectivity index (χ0v) is 15.0. The van der Waals surface area contributed by atoms with E-state index in [1.165, 1.54) is 4.88 Å². The van der Waals surface area contributed by atoms with Gasteiger partial charge in [0.1, 0.15) is 4.99 Å². The highest BCUT2D eigenvalue weighted by Gasteiger charge is 2.13. The zero-order chi connectivity index (χ0) is 14.0. The first-order valence-corrected chi connectivity index (χ1v) is 8.39. The maximum Gasteiger partial charge on any atom is 0.107 e. The Kier molecular flexibility index (Phi) is 5.00. The average molecular weight is 420 g/mol. The van der Waals surface area contributed by atoms with Gasteiger partial charge >= 0.3 is 0 Å². The van der Waals surface area contributed by atoms with Crippen LogP contribution in [-0.2, 0) is 6.54 Å². The Morgan fingerprint density at radius 3 is 2.74 bits per heavy atom. The number of thiophene rings is 1. The third kappa shape index (κ3) is 3.56. The van der Waals surface area contributed by atoms with Gasteiger partial charge in [-0.05, 0) is 50.1 Å². The van der Waals surface area contributed by atoms with Crippen molar-refractivity contribution in [3.05, 3.63) is 49.0 Å².